The first-order valence-corrected chi connectivity index (χ1v) is 9.50. The normalized spacial score (nSPS) is 13.2. The van der Waals surface area contributed by atoms with Gasteiger partial charge in [0, 0.05) is 18.2 Å². The van der Waals surface area contributed by atoms with Crippen molar-refractivity contribution in [2.24, 2.45) is 0 Å². The third-order valence-corrected chi connectivity index (χ3v) is 5.12. The second-order valence-electron chi connectivity index (χ2n) is 5.93. The number of ketones is 1. The van der Waals surface area contributed by atoms with Crippen molar-refractivity contribution in [1.29, 1.82) is 0 Å². The minimum Gasteiger partial charge on any atom is -0.492 e. The molecule has 2 aromatic rings. The fraction of sp³-hybridized carbons (Fsp3) is 0.222. The second-order valence-corrected chi connectivity index (χ2v) is 7.94. The van der Waals surface area contributed by atoms with Crippen LogP contribution in [0.25, 0.3) is 0 Å². The third-order valence-electron chi connectivity index (χ3n) is 3.99. The maximum absolute atomic E-state index is 12.8. The summed E-state index contributed by atoms with van der Waals surface area (Å²) in [7, 11) is -3.34. The molecule has 0 atom stereocenters. The monoisotopic (exact) mass is 360 g/mol. The Labute approximate surface area is 145 Å². The summed E-state index contributed by atoms with van der Waals surface area (Å²) in [5.41, 5.74) is 1.97. The highest BCUT2D eigenvalue weighted by molar-refractivity contribution is 7.90. The van der Waals surface area contributed by atoms with Crippen molar-refractivity contribution < 1.29 is 27.9 Å². The fourth-order valence-electron chi connectivity index (χ4n) is 2.83. The van der Waals surface area contributed by atoms with Gasteiger partial charge in [-0.25, -0.2) is 8.42 Å². The molecular formula is C18H16O6S. The number of carbonyl (C=O) groups is 2. The topological polar surface area (TPSA) is 97.7 Å². The molecule has 0 amide bonds. The molecule has 6 nitrogen and oxygen atoms in total. The van der Waals surface area contributed by atoms with E-state index in [9.17, 15) is 18.0 Å². The van der Waals surface area contributed by atoms with Crippen LogP contribution in [0.4, 0.5) is 0 Å². The van der Waals surface area contributed by atoms with E-state index in [1.807, 2.05) is 0 Å². The van der Waals surface area contributed by atoms with Gasteiger partial charge in [0.05, 0.1) is 23.5 Å². The van der Waals surface area contributed by atoms with Gasteiger partial charge in [-0.2, -0.15) is 0 Å². The molecule has 0 saturated carbocycles. The van der Waals surface area contributed by atoms with Gasteiger partial charge in [-0.3, -0.25) is 9.59 Å². The molecule has 1 N–H and O–H groups in total. The summed E-state index contributed by atoms with van der Waals surface area (Å²) in [6.45, 7) is 0.444. The average molecular weight is 360 g/mol. The Morgan fingerprint density at radius 2 is 1.84 bits per heavy atom. The van der Waals surface area contributed by atoms with Crippen LogP contribution in [0.15, 0.2) is 41.3 Å². The number of carboxylic acid groups (broad SMARTS) is 1. The van der Waals surface area contributed by atoms with E-state index in [1.165, 1.54) is 30.3 Å². The van der Waals surface area contributed by atoms with Crippen molar-refractivity contribution in [3.8, 4) is 5.75 Å². The zero-order valence-electron chi connectivity index (χ0n) is 13.5. The smallest absolute Gasteiger partial charge is 0.307 e. The standard InChI is InChI=1S/C18H16O6S/c1-25(22,23)14-4-2-12(3-5-14)17(21)15-9-11(10-16(19)20)8-13-6-7-24-18(13)15/h2-5,8-9H,6-7,10H2,1H3,(H,19,20). The lowest BCUT2D eigenvalue weighted by Gasteiger charge is -2.10. The minimum atomic E-state index is -3.34. The molecule has 0 bridgehead atoms. The first kappa shape index (κ1) is 17.2. The highest BCUT2D eigenvalue weighted by Gasteiger charge is 2.24. The van der Waals surface area contributed by atoms with Crippen molar-refractivity contribution in [3.63, 3.8) is 0 Å². The molecule has 2 aromatic carbocycles. The van der Waals surface area contributed by atoms with Gasteiger partial charge in [0.25, 0.3) is 0 Å². The largest absolute Gasteiger partial charge is 0.492 e. The Kier molecular flexibility index (Phi) is 4.34. The maximum atomic E-state index is 12.8. The predicted octanol–water partition coefficient (Wildman–Crippen LogP) is 1.88. The molecular weight excluding hydrogens is 344 g/mol. The van der Waals surface area contributed by atoms with E-state index in [0.29, 0.717) is 35.5 Å². The number of ether oxygens (including phenoxy) is 1. The van der Waals surface area contributed by atoms with E-state index >= 15 is 0 Å². The lowest BCUT2D eigenvalue weighted by Crippen LogP contribution is -2.07. The molecule has 0 fully saturated rings. The molecule has 25 heavy (non-hydrogen) atoms. The molecule has 130 valence electrons. The number of carboxylic acids is 1. The van der Waals surface area contributed by atoms with Gasteiger partial charge in [-0.15, -0.1) is 0 Å². The van der Waals surface area contributed by atoms with E-state index in [1.54, 1.807) is 6.07 Å². The van der Waals surface area contributed by atoms with Crippen molar-refractivity contribution in [1.82, 2.24) is 0 Å². The Morgan fingerprint density at radius 3 is 2.44 bits per heavy atom. The number of rotatable bonds is 5. The Balaban J connectivity index is 2.02. The Hall–Kier alpha value is -2.67. The molecule has 0 aliphatic carbocycles. The quantitative estimate of drug-likeness (QED) is 0.818. The highest BCUT2D eigenvalue weighted by Crippen LogP contribution is 2.33. The van der Waals surface area contributed by atoms with Crippen LogP contribution in [-0.2, 0) is 27.5 Å². The summed E-state index contributed by atoms with van der Waals surface area (Å²) in [6, 6.07) is 8.94. The van der Waals surface area contributed by atoms with E-state index in [0.717, 1.165) is 11.8 Å². The molecule has 0 spiro atoms. The third kappa shape index (κ3) is 3.56. The SMILES string of the molecule is CS(=O)(=O)c1ccc(C(=O)c2cc(CC(=O)O)cc3c2OCC3)cc1. The molecule has 1 aliphatic heterocycles. The average Bonchev–Trinajstić information content (AvgIpc) is 3.00. The van der Waals surface area contributed by atoms with Gasteiger partial charge in [-0.05, 0) is 41.5 Å². The molecule has 1 heterocycles. The zero-order valence-corrected chi connectivity index (χ0v) is 14.3. The van der Waals surface area contributed by atoms with Gasteiger partial charge in [0.2, 0.25) is 0 Å². The summed E-state index contributed by atoms with van der Waals surface area (Å²) in [5.74, 6) is -0.827. The summed E-state index contributed by atoms with van der Waals surface area (Å²) in [6.07, 6.45) is 1.54. The van der Waals surface area contributed by atoms with E-state index in [4.69, 9.17) is 9.84 Å². The molecule has 0 aromatic heterocycles. The van der Waals surface area contributed by atoms with Gasteiger partial charge in [0.1, 0.15) is 5.75 Å². The maximum Gasteiger partial charge on any atom is 0.307 e. The van der Waals surface area contributed by atoms with Crippen LogP contribution in [0, 0.1) is 0 Å². The molecule has 0 unspecified atom stereocenters. The second kappa shape index (κ2) is 6.33. The number of sulfone groups is 1. The van der Waals surface area contributed by atoms with Crippen LogP contribution in [0.5, 0.6) is 5.75 Å². The molecule has 3 rings (SSSR count). The highest BCUT2D eigenvalue weighted by atomic mass is 32.2. The minimum absolute atomic E-state index is 0.130. The molecule has 0 saturated heterocycles. The fourth-order valence-corrected chi connectivity index (χ4v) is 3.46. The van der Waals surface area contributed by atoms with Crippen molar-refractivity contribution in [2.45, 2.75) is 17.7 Å². The summed E-state index contributed by atoms with van der Waals surface area (Å²) in [4.78, 5) is 23.9. The lowest BCUT2D eigenvalue weighted by atomic mass is 9.96. The first-order chi connectivity index (χ1) is 11.8. The number of fused-ring (bicyclic) bond motifs is 1. The Bertz CT molecular complexity index is 958. The number of aliphatic carboxylic acids is 1. The zero-order chi connectivity index (χ0) is 18.2. The van der Waals surface area contributed by atoms with Gasteiger partial charge in [-0.1, -0.05) is 6.07 Å². The van der Waals surface area contributed by atoms with Crippen LogP contribution >= 0.6 is 0 Å². The first-order valence-electron chi connectivity index (χ1n) is 7.61. The Morgan fingerprint density at radius 1 is 1.16 bits per heavy atom. The van der Waals surface area contributed by atoms with E-state index in [-0.39, 0.29) is 17.1 Å². The van der Waals surface area contributed by atoms with Crippen LogP contribution < -0.4 is 4.74 Å². The van der Waals surface area contributed by atoms with Crippen LogP contribution in [0.3, 0.4) is 0 Å². The van der Waals surface area contributed by atoms with Crippen LogP contribution in [0.1, 0.15) is 27.0 Å². The number of carbonyl (C=O) groups excluding carboxylic acids is 1. The van der Waals surface area contributed by atoms with Crippen LogP contribution in [0.2, 0.25) is 0 Å². The number of benzene rings is 2. The number of hydrogen-bond donors (Lipinski definition) is 1. The van der Waals surface area contributed by atoms with E-state index < -0.39 is 15.8 Å². The van der Waals surface area contributed by atoms with Crippen molar-refractivity contribution in [2.75, 3.05) is 12.9 Å². The summed E-state index contributed by atoms with van der Waals surface area (Å²) >= 11 is 0. The lowest BCUT2D eigenvalue weighted by molar-refractivity contribution is -0.136. The van der Waals surface area contributed by atoms with Crippen molar-refractivity contribution >= 4 is 21.6 Å². The molecule has 7 heteroatoms. The molecule has 0 radical (unpaired) electrons. The summed E-state index contributed by atoms with van der Waals surface area (Å²) in [5, 5.41) is 9.00. The summed E-state index contributed by atoms with van der Waals surface area (Å²) < 4.78 is 28.6. The van der Waals surface area contributed by atoms with Gasteiger partial charge >= 0.3 is 5.97 Å². The van der Waals surface area contributed by atoms with Gasteiger partial charge in [0.15, 0.2) is 15.6 Å². The molecule has 1 aliphatic rings. The predicted molar refractivity (Wildman–Crippen MR) is 90.0 cm³/mol. The van der Waals surface area contributed by atoms with Crippen LogP contribution in [-0.4, -0.2) is 38.1 Å². The van der Waals surface area contributed by atoms with Crippen molar-refractivity contribution in [3.05, 3.63) is 58.7 Å². The van der Waals surface area contributed by atoms with Gasteiger partial charge < -0.3 is 9.84 Å². The number of hydrogen-bond acceptors (Lipinski definition) is 5. The van der Waals surface area contributed by atoms with E-state index in [2.05, 4.69) is 0 Å².